The molecule has 0 aliphatic rings. The van der Waals surface area contributed by atoms with E-state index in [1.807, 2.05) is 24.3 Å². The van der Waals surface area contributed by atoms with Crippen molar-refractivity contribution in [2.24, 2.45) is 0 Å². The van der Waals surface area contributed by atoms with E-state index in [1.54, 1.807) is 6.92 Å². The summed E-state index contributed by atoms with van der Waals surface area (Å²) in [5.41, 5.74) is 7.52. The molecule has 15 heavy (non-hydrogen) atoms. The van der Waals surface area contributed by atoms with E-state index in [2.05, 4.69) is 11.8 Å². The third-order valence-electron chi connectivity index (χ3n) is 2.24. The maximum atomic E-state index is 9.40. The third kappa shape index (κ3) is 3.80. The second-order valence-electron chi connectivity index (χ2n) is 3.89. The molecule has 3 heteroatoms. The highest BCUT2D eigenvalue weighted by atomic mass is 16.3. The predicted molar refractivity (Wildman–Crippen MR) is 65.0 cm³/mol. The van der Waals surface area contributed by atoms with E-state index >= 15 is 0 Å². The van der Waals surface area contributed by atoms with E-state index in [0.29, 0.717) is 6.54 Å². The van der Waals surface area contributed by atoms with Crippen molar-refractivity contribution >= 4 is 11.4 Å². The highest BCUT2D eigenvalue weighted by Crippen LogP contribution is 2.16. The van der Waals surface area contributed by atoms with Crippen LogP contribution in [0.15, 0.2) is 24.3 Å². The summed E-state index contributed by atoms with van der Waals surface area (Å²) in [7, 11) is 0. The fraction of sp³-hybridized carbons (Fsp3) is 0.500. The first-order chi connectivity index (χ1) is 7.13. The van der Waals surface area contributed by atoms with Crippen molar-refractivity contribution in [3.8, 4) is 0 Å². The molecule has 0 bridgehead atoms. The number of aliphatic hydroxyl groups excluding tert-OH is 1. The van der Waals surface area contributed by atoms with Gasteiger partial charge in [-0.2, -0.15) is 0 Å². The Balaban J connectivity index is 2.74. The molecule has 0 aliphatic carbocycles. The quantitative estimate of drug-likeness (QED) is 0.726. The van der Waals surface area contributed by atoms with Gasteiger partial charge in [0.1, 0.15) is 0 Å². The number of rotatable bonds is 5. The van der Waals surface area contributed by atoms with Crippen molar-refractivity contribution in [1.29, 1.82) is 0 Å². The maximum Gasteiger partial charge on any atom is 0.0687 e. The zero-order valence-electron chi connectivity index (χ0n) is 9.48. The molecule has 3 N–H and O–H groups in total. The summed E-state index contributed by atoms with van der Waals surface area (Å²) in [5, 5.41) is 9.40. The first kappa shape index (κ1) is 11.9. The Hall–Kier alpha value is -1.22. The van der Waals surface area contributed by atoms with Gasteiger partial charge in [-0.25, -0.2) is 0 Å². The van der Waals surface area contributed by atoms with Gasteiger partial charge in [-0.1, -0.05) is 6.92 Å². The molecule has 1 aromatic rings. The van der Waals surface area contributed by atoms with E-state index in [4.69, 9.17) is 5.73 Å². The predicted octanol–water partition coefficient (Wildman–Crippen LogP) is 1.87. The van der Waals surface area contributed by atoms with Gasteiger partial charge in [-0.05, 0) is 37.6 Å². The minimum Gasteiger partial charge on any atom is -0.399 e. The summed E-state index contributed by atoms with van der Waals surface area (Å²) >= 11 is 0. The number of nitrogen functional groups attached to an aromatic ring is 1. The zero-order valence-corrected chi connectivity index (χ0v) is 9.48. The number of benzene rings is 1. The zero-order chi connectivity index (χ0) is 11.3. The van der Waals surface area contributed by atoms with Gasteiger partial charge in [-0.3, -0.25) is 0 Å². The molecule has 84 valence electrons. The largest absolute Gasteiger partial charge is 0.399 e. The minimum absolute atomic E-state index is 0.311. The molecule has 0 fully saturated rings. The highest BCUT2D eigenvalue weighted by molar-refractivity contribution is 5.53. The van der Waals surface area contributed by atoms with Crippen LogP contribution in [0.3, 0.4) is 0 Å². The summed E-state index contributed by atoms with van der Waals surface area (Å²) in [5.74, 6) is 0. The van der Waals surface area contributed by atoms with Gasteiger partial charge in [-0.15, -0.1) is 0 Å². The van der Waals surface area contributed by atoms with Crippen LogP contribution in [-0.2, 0) is 0 Å². The van der Waals surface area contributed by atoms with E-state index in [9.17, 15) is 5.11 Å². The molecule has 0 aliphatic heterocycles. The van der Waals surface area contributed by atoms with Crippen LogP contribution in [-0.4, -0.2) is 24.3 Å². The summed E-state index contributed by atoms with van der Waals surface area (Å²) in [6, 6.07) is 7.76. The Morgan fingerprint density at radius 3 is 2.40 bits per heavy atom. The van der Waals surface area contributed by atoms with Crippen molar-refractivity contribution in [3.05, 3.63) is 24.3 Å². The topological polar surface area (TPSA) is 49.5 Å². The summed E-state index contributed by atoms with van der Waals surface area (Å²) in [6.45, 7) is 5.55. The van der Waals surface area contributed by atoms with E-state index in [1.165, 1.54) is 0 Å². The number of nitrogens with two attached hydrogens (primary N) is 1. The molecule has 0 saturated carbocycles. The third-order valence-corrected chi connectivity index (χ3v) is 2.24. The van der Waals surface area contributed by atoms with Crippen molar-refractivity contribution in [2.45, 2.75) is 26.4 Å². The van der Waals surface area contributed by atoms with Crippen LogP contribution in [0.5, 0.6) is 0 Å². The Morgan fingerprint density at radius 2 is 1.93 bits per heavy atom. The monoisotopic (exact) mass is 208 g/mol. The number of aliphatic hydroxyl groups is 1. The van der Waals surface area contributed by atoms with Crippen LogP contribution >= 0.6 is 0 Å². The molecule has 3 nitrogen and oxygen atoms in total. The number of hydrogen-bond acceptors (Lipinski definition) is 3. The van der Waals surface area contributed by atoms with Gasteiger partial charge >= 0.3 is 0 Å². The number of anilines is 2. The van der Waals surface area contributed by atoms with Crippen molar-refractivity contribution < 1.29 is 5.11 Å². The lowest BCUT2D eigenvalue weighted by Crippen LogP contribution is -2.31. The smallest absolute Gasteiger partial charge is 0.0687 e. The van der Waals surface area contributed by atoms with Crippen LogP contribution in [0, 0.1) is 0 Å². The maximum absolute atomic E-state index is 9.40. The first-order valence-electron chi connectivity index (χ1n) is 5.42. The van der Waals surface area contributed by atoms with Crippen LogP contribution in [0.2, 0.25) is 0 Å². The molecular formula is C12H20N2O. The molecule has 1 atom stereocenters. The lowest BCUT2D eigenvalue weighted by molar-refractivity contribution is 0.200. The average molecular weight is 208 g/mol. The molecule has 1 unspecified atom stereocenters. The Labute approximate surface area is 91.5 Å². The second kappa shape index (κ2) is 5.61. The molecule has 0 aromatic heterocycles. The van der Waals surface area contributed by atoms with E-state index < -0.39 is 0 Å². The molecule has 1 aromatic carbocycles. The normalized spacial score (nSPS) is 12.5. The fourth-order valence-corrected chi connectivity index (χ4v) is 1.60. The SMILES string of the molecule is CCCN(CC(C)O)c1ccc(N)cc1. The Bertz CT molecular complexity index is 282. The minimum atomic E-state index is -0.311. The lowest BCUT2D eigenvalue weighted by atomic mass is 10.2. The van der Waals surface area contributed by atoms with Crippen molar-refractivity contribution in [1.82, 2.24) is 0 Å². The molecule has 0 spiro atoms. The fourth-order valence-electron chi connectivity index (χ4n) is 1.60. The van der Waals surface area contributed by atoms with Gasteiger partial charge in [0.15, 0.2) is 0 Å². The Morgan fingerprint density at radius 1 is 1.33 bits per heavy atom. The van der Waals surface area contributed by atoms with Crippen LogP contribution < -0.4 is 10.6 Å². The van der Waals surface area contributed by atoms with Gasteiger partial charge in [0.2, 0.25) is 0 Å². The summed E-state index contributed by atoms with van der Waals surface area (Å²) in [6.07, 6.45) is 0.756. The first-order valence-corrected chi connectivity index (χ1v) is 5.42. The summed E-state index contributed by atoms with van der Waals surface area (Å²) < 4.78 is 0. The summed E-state index contributed by atoms with van der Waals surface area (Å²) in [4.78, 5) is 2.17. The standard InChI is InChI=1S/C12H20N2O/c1-3-8-14(9-10(2)15)12-6-4-11(13)5-7-12/h4-7,10,15H,3,8-9,13H2,1-2H3. The molecule has 0 heterocycles. The van der Waals surface area contributed by atoms with Gasteiger partial charge in [0.05, 0.1) is 6.10 Å². The van der Waals surface area contributed by atoms with Gasteiger partial charge in [0, 0.05) is 24.5 Å². The van der Waals surface area contributed by atoms with Gasteiger partial charge < -0.3 is 15.7 Å². The van der Waals surface area contributed by atoms with Gasteiger partial charge in [0.25, 0.3) is 0 Å². The molecule has 0 radical (unpaired) electrons. The average Bonchev–Trinajstić information content (AvgIpc) is 2.17. The van der Waals surface area contributed by atoms with E-state index in [-0.39, 0.29) is 6.10 Å². The molecule has 0 amide bonds. The second-order valence-corrected chi connectivity index (χ2v) is 3.89. The van der Waals surface area contributed by atoms with E-state index in [0.717, 1.165) is 24.3 Å². The highest BCUT2D eigenvalue weighted by Gasteiger charge is 2.07. The van der Waals surface area contributed by atoms with Crippen LogP contribution in [0.25, 0.3) is 0 Å². The Kier molecular flexibility index (Phi) is 4.43. The molecule has 0 saturated heterocycles. The van der Waals surface area contributed by atoms with Crippen LogP contribution in [0.4, 0.5) is 11.4 Å². The number of nitrogens with zero attached hydrogens (tertiary/aromatic N) is 1. The van der Waals surface area contributed by atoms with Crippen LogP contribution in [0.1, 0.15) is 20.3 Å². The number of hydrogen-bond donors (Lipinski definition) is 2. The molecule has 1 rings (SSSR count). The van der Waals surface area contributed by atoms with Crippen molar-refractivity contribution in [2.75, 3.05) is 23.7 Å². The van der Waals surface area contributed by atoms with Crippen molar-refractivity contribution in [3.63, 3.8) is 0 Å². The lowest BCUT2D eigenvalue weighted by Gasteiger charge is -2.25. The molecular weight excluding hydrogens is 188 g/mol.